The Bertz CT molecular complexity index is 265. The molecule has 1 aliphatic rings. The second-order valence-electron chi connectivity index (χ2n) is 5.32. The van der Waals surface area contributed by atoms with E-state index in [4.69, 9.17) is 5.73 Å². The van der Waals surface area contributed by atoms with Gasteiger partial charge in [-0.2, -0.15) is 0 Å². The lowest BCUT2D eigenvalue weighted by atomic mass is 9.61. The highest BCUT2D eigenvalue weighted by molar-refractivity contribution is 5.31. The van der Waals surface area contributed by atoms with E-state index >= 15 is 0 Å². The molecule has 0 spiro atoms. The monoisotopic (exact) mass is 179 g/mol. The van der Waals surface area contributed by atoms with E-state index in [0.29, 0.717) is 5.41 Å². The molecule has 13 heavy (non-hydrogen) atoms. The fraction of sp³-hybridized carbons (Fsp3) is 0.667. The van der Waals surface area contributed by atoms with E-state index in [-0.39, 0.29) is 5.41 Å². The van der Waals surface area contributed by atoms with Crippen LogP contribution in [0, 0.1) is 10.8 Å². The summed E-state index contributed by atoms with van der Waals surface area (Å²) >= 11 is 0. The number of allylic oxidation sites excluding steroid dienone is 3. The van der Waals surface area contributed by atoms with Gasteiger partial charge in [0.2, 0.25) is 0 Å². The minimum absolute atomic E-state index is 0.260. The van der Waals surface area contributed by atoms with E-state index < -0.39 is 0 Å². The van der Waals surface area contributed by atoms with Crippen LogP contribution in [0.4, 0.5) is 0 Å². The van der Waals surface area contributed by atoms with Gasteiger partial charge in [0.05, 0.1) is 0 Å². The van der Waals surface area contributed by atoms with Crippen molar-refractivity contribution in [3.63, 3.8) is 0 Å². The van der Waals surface area contributed by atoms with Gasteiger partial charge in [0.15, 0.2) is 0 Å². The molecule has 1 atom stereocenters. The van der Waals surface area contributed by atoms with Gasteiger partial charge in [-0.3, -0.25) is 0 Å². The van der Waals surface area contributed by atoms with Crippen LogP contribution in [0.25, 0.3) is 0 Å². The fourth-order valence-electron chi connectivity index (χ4n) is 1.85. The average molecular weight is 179 g/mol. The molecule has 0 heterocycles. The molecule has 0 fully saturated rings. The third-order valence-electron chi connectivity index (χ3n) is 3.65. The topological polar surface area (TPSA) is 26.0 Å². The van der Waals surface area contributed by atoms with E-state index in [1.54, 1.807) is 0 Å². The lowest BCUT2D eigenvalue weighted by Gasteiger charge is -2.44. The minimum Gasteiger partial charge on any atom is -0.399 e. The molecule has 0 aliphatic heterocycles. The molecule has 2 N–H and O–H groups in total. The summed E-state index contributed by atoms with van der Waals surface area (Å²) in [4.78, 5) is 0. The van der Waals surface area contributed by atoms with Crippen molar-refractivity contribution in [3.05, 3.63) is 23.4 Å². The Balaban J connectivity index is 3.05. The van der Waals surface area contributed by atoms with E-state index in [0.717, 1.165) is 12.1 Å². The van der Waals surface area contributed by atoms with Crippen LogP contribution in [0.2, 0.25) is 0 Å². The van der Waals surface area contributed by atoms with Crippen molar-refractivity contribution in [2.24, 2.45) is 16.6 Å². The molecule has 0 saturated heterocycles. The molecule has 1 unspecified atom stereocenters. The van der Waals surface area contributed by atoms with Crippen molar-refractivity contribution in [2.75, 3.05) is 0 Å². The van der Waals surface area contributed by atoms with Crippen LogP contribution >= 0.6 is 0 Å². The third-order valence-corrected chi connectivity index (χ3v) is 3.65. The number of rotatable bonds is 0. The van der Waals surface area contributed by atoms with Crippen LogP contribution in [0.1, 0.15) is 41.0 Å². The summed E-state index contributed by atoms with van der Waals surface area (Å²) in [6, 6.07) is 0. The molecule has 0 aromatic heterocycles. The minimum atomic E-state index is 0.260. The fourth-order valence-corrected chi connectivity index (χ4v) is 1.85. The van der Waals surface area contributed by atoms with Gasteiger partial charge >= 0.3 is 0 Å². The number of hydrogen-bond acceptors (Lipinski definition) is 1. The summed E-state index contributed by atoms with van der Waals surface area (Å²) in [6.07, 6.45) is 5.30. The van der Waals surface area contributed by atoms with Crippen LogP contribution in [0.3, 0.4) is 0 Å². The Morgan fingerprint density at radius 3 is 2.31 bits per heavy atom. The lowest BCUT2D eigenvalue weighted by Crippen LogP contribution is -2.35. The Hall–Kier alpha value is -0.720. The summed E-state index contributed by atoms with van der Waals surface area (Å²) in [7, 11) is 0. The van der Waals surface area contributed by atoms with Crippen molar-refractivity contribution >= 4 is 0 Å². The summed E-state index contributed by atoms with van der Waals surface area (Å²) in [6.45, 7) is 11.4. The molecule has 0 aromatic carbocycles. The van der Waals surface area contributed by atoms with E-state index in [1.165, 1.54) is 5.57 Å². The highest BCUT2D eigenvalue weighted by Crippen LogP contribution is 2.48. The first kappa shape index (κ1) is 10.4. The van der Waals surface area contributed by atoms with Crippen molar-refractivity contribution in [3.8, 4) is 0 Å². The van der Waals surface area contributed by atoms with Gasteiger partial charge in [-0.1, -0.05) is 39.3 Å². The van der Waals surface area contributed by atoms with Crippen molar-refractivity contribution in [1.29, 1.82) is 0 Å². The van der Waals surface area contributed by atoms with Gasteiger partial charge in [-0.05, 0) is 30.3 Å². The molecule has 0 radical (unpaired) electrons. The van der Waals surface area contributed by atoms with Gasteiger partial charge < -0.3 is 5.73 Å². The van der Waals surface area contributed by atoms with Gasteiger partial charge in [0, 0.05) is 5.70 Å². The maximum atomic E-state index is 5.77. The smallest absolute Gasteiger partial charge is 0.0273 e. The molecule has 1 heteroatoms. The standard InChI is InChI=1S/C12H21N/c1-9-8-10(13)6-7-12(9,5)11(2,3)4/h6,8H,7,13H2,1-5H3. The molecule has 0 bridgehead atoms. The third kappa shape index (κ3) is 1.65. The van der Waals surface area contributed by atoms with Gasteiger partial charge in [-0.15, -0.1) is 0 Å². The van der Waals surface area contributed by atoms with Crippen molar-refractivity contribution < 1.29 is 0 Å². The van der Waals surface area contributed by atoms with E-state index in [1.807, 2.05) is 0 Å². The molecule has 0 aromatic rings. The Morgan fingerprint density at radius 1 is 1.38 bits per heavy atom. The predicted molar refractivity (Wildman–Crippen MR) is 58.2 cm³/mol. The molecule has 1 nitrogen and oxygen atoms in total. The summed E-state index contributed by atoms with van der Waals surface area (Å²) < 4.78 is 0. The number of hydrogen-bond donors (Lipinski definition) is 1. The van der Waals surface area contributed by atoms with E-state index in [9.17, 15) is 0 Å². The zero-order valence-electron chi connectivity index (χ0n) is 9.44. The Kier molecular flexibility index (Phi) is 2.31. The normalized spacial score (nSPS) is 29.6. The summed E-state index contributed by atoms with van der Waals surface area (Å²) in [5.41, 5.74) is 8.65. The predicted octanol–water partition coefficient (Wildman–Crippen LogP) is 3.23. The van der Waals surface area contributed by atoms with Crippen LogP contribution in [0.5, 0.6) is 0 Å². The molecular formula is C12H21N. The maximum Gasteiger partial charge on any atom is 0.0273 e. The Morgan fingerprint density at radius 2 is 1.92 bits per heavy atom. The highest BCUT2D eigenvalue weighted by Gasteiger charge is 2.39. The molecule has 0 saturated carbocycles. The van der Waals surface area contributed by atoms with Gasteiger partial charge in [0.25, 0.3) is 0 Å². The Labute approximate surface area is 81.7 Å². The quantitative estimate of drug-likeness (QED) is 0.607. The first-order valence-electron chi connectivity index (χ1n) is 4.92. The maximum absolute atomic E-state index is 5.77. The van der Waals surface area contributed by atoms with Crippen LogP contribution in [-0.4, -0.2) is 0 Å². The zero-order chi connectivity index (χ0) is 10.3. The van der Waals surface area contributed by atoms with Crippen LogP contribution < -0.4 is 5.73 Å². The molecule has 1 rings (SSSR count). The average Bonchev–Trinajstić information content (AvgIpc) is 1.95. The SMILES string of the molecule is CC1=CC(N)=CCC1(C)C(C)(C)C. The second kappa shape index (κ2) is 2.90. The first-order valence-corrected chi connectivity index (χ1v) is 4.92. The summed E-state index contributed by atoms with van der Waals surface area (Å²) in [5, 5.41) is 0. The van der Waals surface area contributed by atoms with Crippen molar-refractivity contribution in [1.82, 2.24) is 0 Å². The van der Waals surface area contributed by atoms with Crippen LogP contribution in [-0.2, 0) is 0 Å². The largest absolute Gasteiger partial charge is 0.399 e. The van der Waals surface area contributed by atoms with Crippen molar-refractivity contribution in [2.45, 2.75) is 41.0 Å². The van der Waals surface area contributed by atoms with Gasteiger partial charge in [0.1, 0.15) is 0 Å². The lowest BCUT2D eigenvalue weighted by molar-refractivity contribution is 0.154. The van der Waals surface area contributed by atoms with E-state index in [2.05, 4.69) is 46.8 Å². The second-order valence-corrected chi connectivity index (χ2v) is 5.32. The molecule has 1 aliphatic carbocycles. The molecule has 0 amide bonds. The van der Waals surface area contributed by atoms with Crippen LogP contribution in [0.15, 0.2) is 23.4 Å². The highest BCUT2D eigenvalue weighted by atomic mass is 14.6. The molecular weight excluding hydrogens is 158 g/mol. The summed E-state index contributed by atoms with van der Waals surface area (Å²) in [5.74, 6) is 0. The zero-order valence-corrected chi connectivity index (χ0v) is 9.44. The number of nitrogens with two attached hydrogens (primary N) is 1. The first-order chi connectivity index (χ1) is 5.77. The molecule has 74 valence electrons. The van der Waals surface area contributed by atoms with Gasteiger partial charge in [-0.25, -0.2) is 0 Å².